The number of benzene rings is 1. The molecule has 33 heavy (non-hydrogen) atoms. The number of carbonyl (C=O) groups excluding carboxylic acids is 2. The Balaban J connectivity index is 1.52. The first-order valence-corrected chi connectivity index (χ1v) is 12.5. The Bertz CT molecular complexity index is 1200. The third kappa shape index (κ3) is 3.14. The molecule has 0 spiro atoms. The first-order chi connectivity index (χ1) is 16.1. The first-order valence-electron chi connectivity index (χ1n) is 12.5. The van der Waals surface area contributed by atoms with Crippen LogP contribution in [0.1, 0.15) is 68.8 Å². The Morgan fingerprint density at radius 1 is 0.970 bits per heavy atom. The van der Waals surface area contributed by atoms with Gasteiger partial charge in [-0.2, -0.15) is 0 Å². The average Bonchev–Trinajstić information content (AvgIpc) is 3.61. The fourth-order valence-corrected chi connectivity index (χ4v) is 6.46. The lowest BCUT2D eigenvalue weighted by Gasteiger charge is -2.47. The number of nitrogens with zero attached hydrogens (tertiary/aromatic N) is 3. The Morgan fingerprint density at radius 2 is 1.64 bits per heavy atom. The van der Waals surface area contributed by atoms with Crippen LogP contribution in [0.15, 0.2) is 48.8 Å². The highest BCUT2D eigenvalue weighted by Crippen LogP contribution is 2.41. The van der Waals surface area contributed by atoms with Crippen LogP contribution in [0.2, 0.25) is 0 Å². The molecular weight excluding hydrogens is 412 g/mol. The zero-order chi connectivity index (χ0) is 22.6. The maximum Gasteiger partial charge on any atom is 0.273 e. The van der Waals surface area contributed by atoms with E-state index in [1.807, 2.05) is 53.0 Å². The number of hydrogen-bond acceptors (Lipinski definition) is 2. The van der Waals surface area contributed by atoms with Crippen LogP contribution in [0, 0.1) is 0 Å². The lowest BCUT2D eigenvalue weighted by atomic mass is 9.91. The van der Waals surface area contributed by atoms with Gasteiger partial charge in [-0.25, -0.2) is 0 Å². The summed E-state index contributed by atoms with van der Waals surface area (Å²) >= 11 is 0. The second-order valence-corrected chi connectivity index (χ2v) is 10.2. The maximum absolute atomic E-state index is 14.4. The topological polar surface area (TPSA) is 59.3 Å². The van der Waals surface area contributed by atoms with Crippen molar-refractivity contribution in [2.75, 3.05) is 0 Å². The molecule has 1 unspecified atom stereocenters. The highest BCUT2D eigenvalue weighted by Gasteiger charge is 2.52. The Kier molecular flexibility index (Phi) is 4.86. The highest BCUT2D eigenvalue weighted by atomic mass is 16.2. The van der Waals surface area contributed by atoms with Gasteiger partial charge in [0.2, 0.25) is 5.91 Å². The van der Waals surface area contributed by atoms with Crippen LogP contribution < -0.4 is 5.32 Å². The summed E-state index contributed by atoms with van der Waals surface area (Å²) in [5.74, 6) is -0.0160. The average molecular weight is 445 g/mol. The van der Waals surface area contributed by atoms with E-state index in [0.717, 1.165) is 55.1 Å². The van der Waals surface area contributed by atoms with Gasteiger partial charge < -0.3 is 19.4 Å². The molecule has 2 aliphatic carbocycles. The summed E-state index contributed by atoms with van der Waals surface area (Å²) in [7, 11) is 0. The summed E-state index contributed by atoms with van der Waals surface area (Å²) < 4.78 is 4.15. The quantitative estimate of drug-likeness (QED) is 0.637. The van der Waals surface area contributed by atoms with Crippen molar-refractivity contribution in [3.8, 4) is 5.69 Å². The summed E-state index contributed by atoms with van der Waals surface area (Å²) in [6.07, 6.45) is 12.6. The standard InChI is InChI=1S/C27H32N4O2/c1-27(26(33)28-19-10-2-3-11-19)18-30-22-15-7-6-14-21(22)23(29-16-8-9-17-29)24(30)25(32)31(27)20-12-4-5-13-20/h6-9,14-17,19-20H,2-5,10-13,18H2,1H3,(H,28,33). The van der Waals surface area contributed by atoms with Gasteiger partial charge in [-0.05, 0) is 50.8 Å². The molecule has 0 radical (unpaired) electrons. The fourth-order valence-electron chi connectivity index (χ4n) is 6.46. The van der Waals surface area contributed by atoms with Crippen molar-refractivity contribution in [1.82, 2.24) is 19.4 Å². The monoisotopic (exact) mass is 444 g/mol. The van der Waals surface area contributed by atoms with E-state index < -0.39 is 5.54 Å². The summed E-state index contributed by atoms with van der Waals surface area (Å²) in [6, 6.07) is 12.5. The van der Waals surface area contributed by atoms with Gasteiger partial charge in [0.15, 0.2) is 0 Å². The first kappa shape index (κ1) is 20.6. The molecule has 1 N–H and O–H groups in total. The van der Waals surface area contributed by atoms with Crippen LogP contribution in [-0.4, -0.2) is 43.5 Å². The molecule has 3 aromatic rings. The minimum atomic E-state index is -0.905. The Hall–Kier alpha value is -3.02. The van der Waals surface area contributed by atoms with Gasteiger partial charge in [0.05, 0.1) is 17.7 Å². The molecule has 6 nitrogen and oxygen atoms in total. The summed E-state index contributed by atoms with van der Waals surface area (Å²) in [5, 5.41) is 4.37. The van der Waals surface area contributed by atoms with Crippen molar-refractivity contribution < 1.29 is 9.59 Å². The SMILES string of the molecule is CC1(C(=O)NC2CCCC2)Cn2c(c(-n3cccc3)c3ccccc32)C(=O)N1C1CCCC1. The number of amides is 2. The number of para-hydroxylation sites is 1. The normalized spacial score (nSPS) is 24.0. The van der Waals surface area contributed by atoms with Gasteiger partial charge in [0, 0.05) is 29.9 Å². The molecule has 3 aliphatic rings. The summed E-state index contributed by atoms with van der Waals surface area (Å²) in [6.45, 7) is 2.46. The third-order valence-electron chi connectivity index (χ3n) is 8.10. The van der Waals surface area contributed by atoms with Crippen LogP contribution >= 0.6 is 0 Å². The molecule has 3 heterocycles. The van der Waals surface area contributed by atoms with Gasteiger partial charge in [-0.3, -0.25) is 9.59 Å². The van der Waals surface area contributed by atoms with Gasteiger partial charge in [0.1, 0.15) is 11.2 Å². The molecule has 6 heteroatoms. The largest absolute Gasteiger partial charge is 0.351 e. The molecule has 1 atom stereocenters. The van der Waals surface area contributed by atoms with E-state index in [9.17, 15) is 9.59 Å². The van der Waals surface area contributed by atoms with E-state index >= 15 is 0 Å². The van der Waals surface area contributed by atoms with Crippen molar-refractivity contribution >= 4 is 22.7 Å². The van der Waals surface area contributed by atoms with E-state index in [-0.39, 0.29) is 23.9 Å². The summed E-state index contributed by atoms with van der Waals surface area (Å²) in [4.78, 5) is 30.2. The lowest BCUT2D eigenvalue weighted by molar-refractivity contribution is -0.135. The van der Waals surface area contributed by atoms with E-state index in [0.29, 0.717) is 12.2 Å². The minimum Gasteiger partial charge on any atom is -0.351 e. The highest BCUT2D eigenvalue weighted by molar-refractivity contribution is 6.09. The second kappa shape index (κ2) is 7.79. The Labute approximate surface area is 194 Å². The molecule has 2 saturated carbocycles. The molecule has 2 fully saturated rings. The molecule has 0 saturated heterocycles. The second-order valence-electron chi connectivity index (χ2n) is 10.2. The number of hydrogen-bond donors (Lipinski definition) is 1. The van der Waals surface area contributed by atoms with Crippen LogP contribution in [0.25, 0.3) is 16.6 Å². The van der Waals surface area contributed by atoms with Crippen molar-refractivity contribution in [3.63, 3.8) is 0 Å². The van der Waals surface area contributed by atoms with Gasteiger partial charge in [-0.1, -0.05) is 43.9 Å². The van der Waals surface area contributed by atoms with Crippen molar-refractivity contribution in [2.45, 2.75) is 82.5 Å². The van der Waals surface area contributed by atoms with Gasteiger partial charge >= 0.3 is 0 Å². The van der Waals surface area contributed by atoms with E-state index in [1.165, 1.54) is 12.8 Å². The molecule has 0 bridgehead atoms. The number of rotatable bonds is 4. The molecule has 1 aromatic carbocycles. The molecular formula is C27H32N4O2. The van der Waals surface area contributed by atoms with Crippen LogP contribution in [0.4, 0.5) is 0 Å². The third-order valence-corrected chi connectivity index (χ3v) is 8.10. The number of nitrogens with one attached hydrogen (secondary N) is 1. The molecule has 2 amide bonds. The van der Waals surface area contributed by atoms with Crippen molar-refractivity contribution in [2.24, 2.45) is 0 Å². The predicted octanol–water partition coefficient (Wildman–Crippen LogP) is 4.65. The lowest BCUT2D eigenvalue weighted by Crippen LogP contribution is -2.67. The van der Waals surface area contributed by atoms with Gasteiger partial charge in [-0.15, -0.1) is 0 Å². The smallest absolute Gasteiger partial charge is 0.273 e. The maximum atomic E-state index is 14.4. The van der Waals surface area contributed by atoms with E-state index in [2.05, 4.69) is 22.0 Å². The summed E-state index contributed by atoms with van der Waals surface area (Å²) in [5.41, 5.74) is 1.72. The van der Waals surface area contributed by atoms with Crippen LogP contribution in [0.5, 0.6) is 0 Å². The number of aromatic nitrogens is 2. The van der Waals surface area contributed by atoms with Crippen molar-refractivity contribution in [1.29, 1.82) is 0 Å². The van der Waals surface area contributed by atoms with E-state index in [4.69, 9.17) is 0 Å². The zero-order valence-corrected chi connectivity index (χ0v) is 19.3. The van der Waals surface area contributed by atoms with Crippen LogP contribution in [0.3, 0.4) is 0 Å². The van der Waals surface area contributed by atoms with E-state index in [1.54, 1.807) is 0 Å². The minimum absolute atomic E-state index is 0.000551. The molecule has 1 aliphatic heterocycles. The predicted molar refractivity (Wildman–Crippen MR) is 128 cm³/mol. The number of fused-ring (bicyclic) bond motifs is 3. The molecule has 6 rings (SSSR count). The zero-order valence-electron chi connectivity index (χ0n) is 19.3. The van der Waals surface area contributed by atoms with Gasteiger partial charge in [0.25, 0.3) is 5.91 Å². The fraction of sp³-hybridized carbons (Fsp3) is 0.481. The van der Waals surface area contributed by atoms with Crippen LogP contribution in [-0.2, 0) is 11.3 Å². The van der Waals surface area contributed by atoms with Crippen molar-refractivity contribution in [3.05, 3.63) is 54.5 Å². The molecule has 2 aromatic heterocycles. The number of carbonyl (C=O) groups is 2. The Morgan fingerprint density at radius 3 is 2.36 bits per heavy atom. The molecule has 172 valence electrons.